The lowest BCUT2D eigenvalue weighted by Crippen LogP contribution is -2.17. The maximum atomic E-state index is 4.04. The van der Waals surface area contributed by atoms with Crippen LogP contribution in [-0.2, 0) is 0 Å². The van der Waals surface area contributed by atoms with Crippen LogP contribution in [0.1, 0.15) is 0 Å². The molecule has 2 heterocycles. The second-order valence-corrected chi connectivity index (χ2v) is 3.00. The van der Waals surface area contributed by atoms with E-state index in [1.807, 2.05) is 12.3 Å². The van der Waals surface area contributed by atoms with Crippen molar-refractivity contribution in [2.75, 3.05) is 6.26 Å². The van der Waals surface area contributed by atoms with Gasteiger partial charge in [0.25, 0.3) is 0 Å². The summed E-state index contributed by atoms with van der Waals surface area (Å²) in [6.45, 7) is 0. The number of dihydropyridines is 1. The zero-order chi connectivity index (χ0) is 7.68. The number of hydrogen-bond donors (Lipinski definition) is 0. The molecule has 4 nitrogen and oxygen atoms in total. The molecule has 0 aromatic carbocycles. The minimum atomic E-state index is -0.0185. The third-order valence-corrected chi connectivity index (χ3v) is 2.34. The molecule has 2 aliphatic rings. The van der Waals surface area contributed by atoms with Crippen molar-refractivity contribution in [3.8, 4) is 0 Å². The predicted molar refractivity (Wildman–Crippen MR) is 46.2 cm³/mol. The number of amidine groups is 1. The SMILES string of the molecule is CSC1=CC=NC2=NN=NC12. The smallest absolute Gasteiger partial charge is 0.184 e. The highest BCUT2D eigenvalue weighted by molar-refractivity contribution is 8.02. The number of rotatable bonds is 1. The van der Waals surface area contributed by atoms with Crippen molar-refractivity contribution in [2.45, 2.75) is 6.04 Å². The van der Waals surface area contributed by atoms with Gasteiger partial charge < -0.3 is 0 Å². The fraction of sp³-hybridized carbons (Fsp3) is 0.333. The molecule has 5 heteroatoms. The molecular formula is C6H6N4S. The van der Waals surface area contributed by atoms with Gasteiger partial charge in [0.2, 0.25) is 0 Å². The van der Waals surface area contributed by atoms with Crippen LogP contribution in [0.4, 0.5) is 0 Å². The van der Waals surface area contributed by atoms with Gasteiger partial charge in [0.05, 0.1) is 0 Å². The van der Waals surface area contributed by atoms with E-state index in [0.717, 1.165) is 4.91 Å². The largest absolute Gasteiger partial charge is 0.237 e. The lowest BCUT2D eigenvalue weighted by atomic mass is 10.2. The topological polar surface area (TPSA) is 49.4 Å². The Kier molecular flexibility index (Phi) is 1.58. The zero-order valence-corrected chi connectivity index (χ0v) is 6.75. The summed E-state index contributed by atoms with van der Waals surface area (Å²) in [5.74, 6) is 0.705. The molecule has 0 radical (unpaired) electrons. The Bertz CT molecular complexity index is 289. The predicted octanol–water partition coefficient (Wildman–Crippen LogP) is 1.47. The van der Waals surface area contributed by atoms with Gasteiger partial charge >= 0.3 is 0 Å². The van der Waals surface area contributed by atoms with E-state index in [0.29, 0.717) is 5.84 Å². The monoisotopic (exact) mass is 166 g/mol. The second kappa shape index (κ2) is 2.58. The van der Waals surface area contributed by atoms with E-state index in [-0.39, 0.29) is 6.04 Å². The highest BCUT2D eigenvalue weighted by Crippen LogP contribution is 2.25. The first kappa shape index (κ1) is 6.72. The van der Waals surface area contributed by atoms with Crippen molar-refractivity contribution in [1.29, 1.82) is 0 Å². The van der Waals surface area contributed by atoms with Crippen LogP contribution in [0.3, 0.4) is 0 Å². The highest BCUT2D eigenvalue weighted by atomic mass is 32.2. The van der Waals surface area contributed by atoms with E-state index in [9.17, 15) is 0 Å². The van der Waals surface area contributed by atoms with Crippen LogP contribution >= 0.6 is 11.8 Å². The molecule has 0 aromatic heterocycles. The van der Waals surface area contributed by atoms with Gasteiger partial charge in [-0.2, -0.15) is 5.11 Å². The van der Waals surface area contributed by atoms with Crippen molar-refractivity contribution in [3.05, 3.63) is 11.0 Å². The van der Waals surface area contributed by atoms with Crippen LogP contribution in [0.15, 0.2) is 31.4 Å². The van der Waals surface area contributed by atoms with Gasteiger partial charge in [-0.25, -0.2) is 4.99 Å². The summed E-state index contributed by atoms with van der Waals surface area (Å²) in [6.07, 6.45) is 5.69. The fourth-order valence-corrected chi connectivity index (χ4v) is 1.54. The van der Waals surface area contributed by atoms with Crippen molar-refractivity contribution in [1.82, 2.24) is 0 Å². The molecule has 0 spiro atoms. The van der Waals surface area contributed by atoms with Crippen molar-refractivity contribution >= 4 is 23.8 Å². The molecule has 0 aromatic rings. The molecule has 56 valence electrons. The average Bonchev–Trinajstić information content (AvgIpc) is 2.50. The molecule has 1 unspecified atom stereocenters. The molecular weight excluding hydrogens is 160 g/mol. The van der Waals surface area contributed by atoms with E-state index in [1.165, 1.54) is 0 Å². The molecule has 11 heavy (non-hydrogen) atoms. The van der Waals surface area contributed by atoms with Crippen LogP contribution in [0.2, 0.25) is 0 Å². The minimum Gasteiger partial charge on any atom is -0.237 e. The van der Waals surface area contributed by atoms with Crippen LogP contribution in [0, 0.1) is 0 Å². The Morgan fingerprint density at radius 3 is 3.27 bits per heavy atom. The summed E-state index contributed by atoms with van der Waals surface area (Å²) in [4.78, 5) is 5.19. The summed E-state index contributed by atoms with van der Waals surface area (Å²) < 4.78 is 0. The third kappa shape index (κ3) is 1.01. The number of thioether (sulfide) groups is 1. The summed E-state index contributed by atoms with van der Waals surface area (Å²) in [6, 6.07) is -0.0185. The van der Waals surface area contributed by atoms with E-state index >= 15 is 0 Å². The average molecular weight is 166 g/mol. The third-order valence-electron chi connectivity index (χ3n) is 1.51. The number of hydrogen-bond acceptors (Lipinski definition) is 5. The Morgan fingerprint density at radius 2 is 2.45 bits per heavy atom. The van der Waals surface area contributed by atoms with Gasteiger partial charge in [0.1, 0.15) is 0 Å². The Morgan fingerprint density at radius 1 is 1.55 bits per heavy atom. The maximum absolute atomic E-state index is 4.04. The number of allylic oxidation sites excluding steroid dienone is 1. The quantitative estimate of drug-likeness (QED) is 0.581. The fourth-order valence-electron chi connectivity index (χ4n) is 0.968. The molecule has 1 atom stereocenters. The summed E-state index contributed by atoms with van der Waals surface area (Å²) in [5.41, 5.74) is 0. The molecule has 0 N–H and O–H groups in total. The lowest BCUT2D eigenvalue weighted by Gasteiger charge is -2.10. The lowest BCUT2D eigenvalue weighted by molar-refractivity contribution is 0.963. The molecule has 2 rings (SSSR count). The standard InChI is InChI=1S/C6H6N4S/c1-11-4-2-3-7-6-5(4)8-10-9-6/h2-3,5H,1H3. The van der Waals surface area contributed by atoms with Crippen LogP contribution in [-0.4, -0.2) is 24.3 Å². The molecule has 0 aliphatic carbocycles. The first-order valence-corrected chi connectivity index (χ1v) is 4.40. The van der Waals surface area contributed by atoms with Crippen molar-refractivity contribution < 1.29 is 0 Å². The van der Waals surface area contributed by atoms with E-state index < -0.39 is 0 Å². The first-order chi connectivity index (χ1) is 5.42. The van der Waals surface area contributed by atoms with E-state index in [2.05, 4.69) is 20.4 Å². The summed E-state index contributed by atoms with van der Waals surface area (Å²) in [5, 5.41) is 11.3. The molecule has 0 fully saturated rings. The number of aliphatic imine (C=N–C) groups is 1. The number of fused-ring (bicyclic) bond motifs is 1. The molecule has 0 amide bonds. The normalized spacial score (nSPS) is 26.5. The molecule has 0 saturated heterocycles. The Balaban J connectivity index is 2.35. The van der Waals surface area contributed by atoms with Crippen LogP contribution in [0.5, 0.6) is 0 Å². The Hall–Kier alpha value is -0.970. The van der Waals surface area contributed by atoms with Crippen LogP contribution in [0.25, 0.3) is 0 Å². The molecule has 0 bridgehead atoms. The van der Waals surface area contributed by atoms with E-state index in [4.69, 9.17) is 0 Å². The van der Waals surface area contributed by atoms with Crippen LogP contribution < -0.4 is 0 Å². The Labute approximate surface area is 68.2 Å². The van der Waals surface area contributed by atoms with Gasteiger partial charge in [-0.15, -0.1) is 16.9 Å². The molecule has 2 aliphatic heterocycles. The molecule has 0 saturated carbocycles. The highest BCUT2D eigenvalue weighted by Gasteiger charge is 2.25. The zero-order valence-electron chi connectivity index (χ0n) is 5.93. The number of nitrogens with zero attached hydrogens (tertiary/aromatic N) is 4. The first-order valence-electron chi connectivity index (χ1n) is 3.18. The maximum Gasteiger partial charge on any atom is 0.184 e. The van der Waals surface area contributed by atoms with Gasteiger partial charge in [-0.1, -0.05) is 0 Å². The van der Waals surface area contributed by atoms with E-state index in [1.54, 1.807) is 18.0 Å². The van der Waals surface area contributed by atoms with Gasteiger partial charge in [0.15, 0.2) is 11.9 Å². The van der Waals surface area contributed by atoms with Gasteiger partial charge in [0, 0.05) is 11.1 Å². The minimum absolute atomic E-state index is 0.0185. The van der Waals surface area contributed by atoms with Gasteiger partial charge in [-0.3, -0.25) is 0 Å². The second-order valence-electron chi connectivity index (χ2n) is 2.12. The van der Waals surface area contributed by atoms with Crippen molar-refractivity contribution in [2.24, 2.45) is 20.4 Å². The van der Waals surface area contributed by atoms with Crippen molar-refractivity contribution in [3.63, 3.8) is 0 Å². The summed E-state index contributed by atoms with van der Waals surface area (Å²) >= 11 is 1.66. The summed E-state index contributed by atoms with van der Waals surface area (Å²) in [7, 11) is 0. The van der Waals surface area contributed by atoms with Gasteiger partial charge in [-0.05, 0) is 17.6 Å².